The summed E-state index contributed by atoms with van der Waals surface area (Å²) in [5.41, 5.74) is -0.139. The molecule has 1 heterocycles. The maximum Gasteiger partial charge on any atom is 0.254 e. The van der Waals surface area contributed by atoms with Gasteiger partial charge in [-0.25, -0.2) is 0 Å². The normalized spacial score (nSPS) is 15.7. The average molecular weight is 208 g/mol. The van der Waals surface area contributed by atoms with Gasteiger partial charge in [-0.1, -0.05) is 13.8 Å². The van der Waals surface area contributed by atoms with Crippen LogP contribution in [0.3, 0.4) is 0 Å². The summed E-state index contributed by atoms with van der Waals surface area (Å²) in [7, 11) is 0. The molecule has 0 atom stereocenters. The van der Waals surface area contributed by atoms with Crippen LogP contribution in [-0.2, 0) is 0 Å². The van der Waals surface area contributed by atoms with Gasteiger partial charge in [0.2, 0.25) is 5.88 Å². The SMILES string of the molecule is CC(C)c1nc(OCC2CC2)cc(=O)[nH]1. The van der Waals surface area contributed by atoms with E-state index in [0.29, 0.717) is 24.2 Å². The first-order valence-corrected chi connectivity index (χ1v) is 5.39. The standard InChI is InChI=1S/C11H16N2O2/c1-7(2)11-12-9(14)5-10(13-11)15-6-8-3-4-8/h5,7-8H,3-4,6H2,1-2H3,(H,12,13,14). The molecule has 15 heavy (non-hydrogen) atoms. The Kier molecular flexibility index (Phi) is 2.75. The highest BCUT2D eigenvalue weighted by atomic mass is 16.5. The summed E-state index contributed by atoms with van der Waals surface area (Å²) < 4.78 is 5.47. The Hall–Kier alpha value is -1.32. The molecule has 0 bridgehead atoms. The van der Waals surface area contributed by atoms with Gasteiger partial charge in [0.1, 0.15) is 5.82 Å². The van der Waals surface area contributed by atoms with E-state index < -0.39 is 0 Å². The summed E-state index contributed by atoms with van der Waals surface area (Å²) in [5.74, 6) is 2.03. The van der Waals surface area contributed by atoms with Gasteiger partial charge in [0.15, 0.2) is 0 Å². The highest BCUT2D eigenvalue weighted by Crippen LogP contribution is 2.29. The van der Waals surface area contributed by atoms with Crippen LogP contribution in [-0.4, -0.2) is 16.6 Å². The zero-order valence-corrected chi connectivity index (χ0v) is 9.12. The average Bonchev–Trinajstić information content (AvgIpc) is 2.97. The smallest absolute Gasteiger partial charge is 0.254 e. The number of nitrogens with zero attached hydrogens (tertiary/aromatic N) is 1. The topological polar surface area (TPSA) is 55.0 Å². The number of aromatic amines is 1. The van der Waals surface area contributed by atoms with E-state index in [-0.39, 0.29) is 11.5 Å². The van der Waals surface area contributed by atoms with E-state index in [1.54, 1.807) is 0 Å². The largest absolute Gasteiger partial charge is 0.477 e. The summed E-state index contributed by atoms with van der Waals surface area (Å²) >= 11 is 0. The van der Waals surface area contributed by atoms with Crippen LogP contribution in [0.1, 0.15) is 38.4 Å². The number of ether oxygens (including phenoxy) is 1. The predicted octanol–water partition coefficient (Wildman–Crippen LogP) is 1.68. The summed E-state index contributed by atoms with van der Waals surface area (Å²) in [6.07, 6.45) is 2.47. The quantitative estimate of drug-likeness (QED) is 0.819. The van der Waals surface area contributed by atoms with Gasteiger partial charge in [-0.05, 0) is 18.8 Å². The molecule has 0 aromatic carbocycles. The van der Waals surface area contributed by atoms with Gasteiger partial charge in [-0.15, -0.1) is 0 Å². The third-order valence-corrected chi connectivity index (χ3v) is 2.45. The molecule has 1 aliphatic rings. The second-order valence-electron chi connectivity index (χ2n) is 4.38. The molecular formula is C11H16N2O2. The third-order valence-electron chi connectivity index (χ3n) is 2.45. The first kappa shape index (κ1) is 10.2. The Balaban J connectivity index is 2.11. The third kappa shape index (κ3) is 2.81. The molecule has 82 valence electrons. The van der Waals surface area contributed by atoms with Crippen molar-refractivity contribution in [3.8, 4) is 5.88 Å². The lowest BCUT2D eigenvalue weighted by Crippen LogP contribution is -2.13. The van der Waals surface area contributed by atoms with Crippen molar-refractivity contribution < 1.29 is 4.74 Å². The molecule has 4 nitrogen and oxygen atoms in total. The number of hydrogen-bond donors (Lipinski definition) is 1. The highest BCUT2D eigenvalue weighted by molar-refractivity contribution is 5.10. The van der Waals surface area contributed by atoms with E-state index in [0.717, 1.165) is 0 Å². The van der Waals surface area contributed by atoms with Gasteiger partial charge in [0, 0.05) is 5.92 Å². The van der Waals surface area contributed by atoms with Gasteiger partial charge in [0.25, 0.3) is 5.56 Å². The monoisotopic (exact) mass is 208 g/mol. The molecule has 1 aliphatic carbocycles. The van der Waals surface area contributed by atoms with Crippen LogP contribution < -0.4 is 10.3 Å². The lowest BCUT2D eigenvalue weighted by Gasteiger charge is -2.07. The van der Waals surface area contributed by atoms with Crippen molar-refractivity contribution in [3.05, 3.63) is 22.2 Å². The molecule has 1 aromatic heterocycles. The first-order chi connectivity index (χ1) is 7.15. The lowest BCUT2D eigenvalue weighted by molar-refractivity contribution is 0.286. The molecule has 0 saturated heterocycles. The maximum absolute atomic E-state index is 11.3. The van der Waals surface area contributed by atoms with Crippen LogP contribution in [0.2, 0.25) is 0 Å². The van der Waals surface area contributed by atoms with Gasteiger partial charge in [-0.2, -0.15) is 4.98 Å². The van der Waals surface area contributed by atoms with Crippen molar-refractivity contribution in [2.45, 2.75) is 32.6 Å². The summed E-state index contributed by atoms with van der Waals surface area (Å²) in [6.45, 7) is 4.67. The molecule has 0 aliphatic heterocycles. The molecule has 0 radical (unpaired) electrons. The maximum atomic E-state index is 11.3. The first-order valence-electron chi connectivity index (χ1n) is 5.39. The second kappa shape index (κ2) is 4.04. The van der Waals surface area contributed by atoms with E-state index in [9.17, 15) is 4.79 Å². The van der Waals surface area contributed by atoms with E-state index >= 15 is 0 Å². The van der Waals surface area contributed by atoms with Crippen molar-refractivity contribution in [3.63, 3.8) is 0 Å². The molecular weight excluding hydrogens is 192 g/mol. The van der Waals surface area contributed by atoms with Crippen molar-refractivity contribution in [1.82, 2.24) is 9.97 Å². The molecule has 1 fully saturated rings. The van der Waals surface area contributed by atoms with Crippen LogP contribution in [0, 0.1) is 5.92 Å². The fourth-order valence-corrected chi connectivity index (χ4v) is 1.29. The molecule has 1 saturated carbocycles. The Morgan fingerprint density at radius 2 is 2.33 bits per heavy atom. The fourth-order valence-electron chi connectivity index (χ4n) is 1.29. The lowest BCUT2D eigenvalue weighted by atomic mass is 10.2. The van der Waals surface area contributed by atoms with Crippen molar-refractivity contribution in [2.75, 3.05) is 6.61 Å². The van der Waals surface area contributed by atoms with Crippen LogP contribution in [0.5, 0.6) is 5.88 Å². The number of hydrogen-bond acceptors (Lipinski definition) is 3. The summed E-state index contributed by atoms with van der Waals surface area (Å²) in [5, 5.41) is 0. The molecule has 1 N–H and O–H groups in total. The van der Waals surface area contributed by atoms with Crippen molar-refractivity contribution in [2.24, 2.45) is 5.92 Å². The molecule has 1 aromatic rings. The number of nitrogens with one attached hydrogen (secondary N) is 1. The number of H-pyrrole nitrogens is 1. The van der Waals surface area contributed by atoms with Crippen molar-refractivity contribution in [1.29, 1.82) is 0 Å². The Morgan fingerprint density at radius 1 is 1.60 bits per heavy atom. The summed E-state index contributed by atoms with van der Waals surface area (Å²) in [4.78, 5) is 18.3. The van der Waals surface area contributed by atoms with Crippen LogP contribution in [0.25, 0.3) is 0 Å². The van der Waals surface area contributed by atoms with Crippen LogP contribution in [0.15, 0.2) is 10.9 Å². The molecule has 4 heteroatoms. The summed E-state index contributed by atoms with van der Waals surface area (Å²) in [6, 6.07) is 1.41. The molecule has 2 rings (SSSR count). The predicted molar refractivity (Wildman–Crippen MR) is 57.2 cm³/mol. The van der Waals surface area contributed by atoms with E-state index in [1.807, 2.05) is 13.8 Å². The Bertz CT molecular complexity index is 394. The minimum Gasteiger partial charge on any atom is -0.477 e. The number of aromatic nitrogens is 2. The number of rotatable bonds is 4. The van der Waals surface area contributed by atoms with Gasteiger partial charge in [-0.3, -0.25) is 4.79 Å². The zero-order valence-electron chi connectivity index (χ0n) is 9.12. The van der Waals surface area contributed by atoms with Gasteiger partial charge in [0.05, 0.1) is 12.7 Å². The minimum atomic E-state index is -0.139. The highest BCUT2D eigenvalue weighted by Gasteiger charge is 2.22. The van der Waals surface area contributed by atoms with Gasteiger partial charge < -0.3 is 9.72 Å². The Labute approximate surface area is 88.7 Å². The second-order valence-corrected chi connectivity index (χ2v) is 4.38. The van der Waals surface area contributed by atoms with E-state index in [4.69, 9.17) is 4.74 Å². The van der Waals surface area contributed by atoms with E-state index in [1.165, 1.54) is 18.9 Å². The molecule has 0 unspecified atom stereocenters. The van der Waals surface area contributed by atoms with Crippen LogP contribution >= 0.6 is 0 Å². The molecule has 0 spiro atoms. The van der Waals surface area contributed by atoms with E-state index in [2.05, 4.69) is 9.97 Å². The van der Waals surface area contributed by atoms with Gasteiger partial charge >= 0.3 is 0 Å². The fraction of sp³-hybridized carbons (Fsp3) is 0.636. The molecule has 0 amide bonds. The van der Waals surface area contributed by atoms with Crippen molar-refractivity contribution >= 4 is 0 Å². The Morgan fingerprint density at radius 3 is 2.93 bits per heavy atom. The zero-order chi connectivity index (χ0) is 10.8. The minimum absolute atomic E-state index is 0.139. The van der Waals surface area contributed by atoms with Crippen LogP contribution in [0.4, 0.5) is 0 Å².